The number of piperidine rings is 1. The molecule has 0 spiro atoms. The second kappa shape index (κ2) is 10.0. The number of benzene rings is 2. The number of methoxy groups -OCH3 is 2. The highest BCUT2D eigenvalue weighted by Crippen LogP contribution is 2.28. The van der Waals surface area contributed by atoms with Gasteiger partial charge in [-0.3, -0.25) is 4.79 Å². The fourth-order valence-electron chi connectivity index (χ4n) is 4.48. The van der Waals surface area contributed by atoms with Crippen molar-refractivity contribution in [1.29, 1.82) is 0 Å². The van der Waals surface area contributed by atoms with Crippen molar-refractivity contribution in [3.63, 3.8) is 0 Å². The highest BCUT2D eigenvalue weighted by molar-refractivity contribution is 5.87. The van der Waals surface area contributed by atoms with E-state index in [2.05, 4.69) is 25.3 Å². The van der Waals surface area contributed by atoms with E-state index in [0.717, 1.165) is 41.8 Å². The van der Waals surface area contributed by atoms with E-state index in [-0.39, 0.29) is 11.8 Å². The Labute approximate surface area is 203 Å². The summed E-state index contributed by atoms with van der Waals surface area (Å²) in [5, 5.41) is 8.58. The molecule has 0 aliphatic carbocycles. The van der Waals surface area contributed by atoms with Gasteiger partial charge in [0.25, 0.3) is 0 Å². The summed E-state index contributed by atoms with van der Waals surface area (Å²) in [6.07, 6.45) is 5.24. The van der Waals surface area contributed by atoms with Gasteiger partial charge in [-0.05, 0) is 42.7 Å². The van der Waals surface area contributed by atoms with Crippen LogP contribution in [0.1, 0.15) is 18.4 Å². The number of amides is 1. The van der Waals surface area contributed by atoms with Crippen molar-refractivity contribution < 1.29 is 14.3 Å². The van der Waals surface area contributed by atoms with Gasteiger partial charge in [0.15, 0.2) is 5.65 Å². The minimum atomic E-state index is -0.134. The van der Waals surface area contributed by atoms with Gasteiger partial charge >= 0.3 is 0 Å². The topological polar surface area (TPSA) is 94.4 Å². The zero-order valence-electron chi connectivity index (χ0n) is 19.8. The monoisotopic (exact) mass is 472 g/mol. The molecule has 2 aromatic heterocycles. The van der Waals surface area contributed by atoms with Gasteiger partial charge in [0.1, 0.15) is 23.6 Å². The first-order chi connectivity index (χ1) is 17.1. The number of anilines is 1. The quantitative estimate of drug-likeness (QED) is 0.441. The lowest BCUT2D eigenvalue weighted by Crippen LogP contribution is -2.43. The van der Waals surface area contributed by atoms with E-state index >= 15 is 0 Å². The molecule has 1 aliphatic rings. The van der Waals surface area contributed by atoms with E-state index in [9.17, 15) is 4.79 Å². The maximum Gasteiger partial charge on any atom is 0.225 e. The van der Waals surface area contributed by atoms with Crippen molar-refractivity contribution in [1.82, 2.24) is 25.1 Å². The summed E-state index contributed by atoms with van der Waals surface area (Å²) < 4.78 is 12.5. The van der Waals surface area contributed by atoms with Crippen LogP contribution in [0, 0.1) is 5.92 Å². The first kappa shape index (κ1) is 22.6. The number of carbonyl (C=O) groups excluding carboxylic acids is 1. The zero-order valence-corrected chi connectivity index (χ0v) is 19.8. The molecule has 3 heterocycles. The predicted octanol–water partition coefficient (Wildman–Crippen LogP) is 3.37. The van der Waals surface area contributed by atoms with E-state index in [1.165, 1.54) is 0 Å². The number of nitrogens with one attached hydrogen (secondary N) is 1. The average molecular weight is 473 g/mol. The molecule has 1 amide bonds. The van der Waals surface area contributed by atoms with Crippen LogP contribution in [-0.4, -0.2) is 53.0 Å². The van der Waals surface area contributed by atoms with Crippen LogP contribution in [0.5, 0.6) is 11.5 Å². The third-order valence-corrected chi connectivity index (χ3v) is 6.29. The van der Waals surface area contributed by atoms with Gasteiger partial charge in [-0.15, -0.1) is 5.10 Å². The number of hydrogen-bond acceptors (Lipinski definition) is 7. The standard InChI is InChI=1S/C26H28N6O3/c1-34-21-11-18(12-22(13-21)35-2)14-27-26(33)19-7-6-10-31(15-19)25-23-16-32(20-8-4-3-5-9-20)30-24(23)28-17-29-25/h3-5,8-9,11-13,16-17,19H,6-7,10,14-15H2,1-2H3,(H,27,33)/t19-/m0/s1. The van der Waals surface area contributed by atoms with E-state index in [0.29, 0.717) is 30.2 Å². The first-order valence-corrected chi connectivity index (χ1v) is 11.6. The molecule has 0 bridgehead atoms. The van der Waals surface area contributed by atoms with Gasteiger partial charge in [-0.2, -0.15) is 0 Å². The molecule has 1 saturated heterocycles. The molecule has 1 atom stereocenters. The number of para-hydroxylation sites is 1. The lowest BCUT2D eigenvalue weighted by molar-refractivity contribution is -0.125. The van der Waals surface area contributed by atoms with Crippen LogP contribution in [0.4, 0.5) is 5.82 Å². The van der Waals surface area contributed by atoms with Gasteiger partial charge < -0.3 is 19.7 Å². The molecule has 4 aromatic rings. The third-order valence-electron chi connectivity index (χ3n) is 6.29. The van der Waals surface area contributed by atoms with Crippen molar-refractivity contribution >= 4 is 22.8 Å². The van der Waals surface area contributed by atoms with Crippen LogP contribution >= 0.6 is 0 Å². The van der Waals surface area contributed by atoms with Gasteiger partial charge in [0, 0.05) is 31.9 Å². The van der Waals surface area contributed by atoms with Crippen LogP contribution in [0.2, 0.25) is 0 Å². The number of aromatic nitrogens is 4. The van der Waals surface area contributed by atoms with Crippen LogP contribution in [0.15, 0.2) is 61.1 Å². The van der Waals surface area contributed by atoms with E-state index in [4.69, 9.17) is 9.47 Å². The number of carbonyl (C=O) groups is 1. The Morgan fingerprint density at radius 3 is 2.60 bits per heavy atom. The number of fused-ring (bicyclic) bond motifs is 1. The van der Waals surface area contributed by atoms with Gasteiger partial charge in [0.2, 0.25) is 5.91 Å². The third kappa shape index (κ3) is 4.89. The summed E-state index contributed by atoms with van der Waals surface area (Å²) in [6.45, 7) is 1.83. The SMILES string of the molecule is COc1cc(CNC(=O)[C@H]2CCCN(c3ncnc4nn(-c5ccccc5)cc34)C2)cc(OC)c1. The molecule has 2 aromatic carbocycles. The summed E-state index contributed by atoms with van der Waals surface area (Å²) in [4.78, 5) is 24.2. The van der Waals surface area contributed by atoms with Crippen molar-refractivity contribution in [2.45, 2.75) is 19.4 Å². The number of nitrogens with zero attached hydrogens (tertiary/aromatic N) is 5. The number of ether oxygens (including phenoxy) is 2. The molecule has 0 saturated carbocycles. The van der Waals surface area contributed by atoms with Gasteiger partial charge in [0.05, 0.1) is 31.2 Å². The fraction of sp³-hybridized carbons (Fsp3) is 0.308. The second-order valence-electron chi connectivity index (χ2n) is 8.57. The Morgan fingerprint density at radius 2 is 1.86 bits per heavy atom. The highest BCUT2D eigenvalue weighted by atomic mass is 16.5. The molecule has 180 valence electrons. The van der Waals surface area contributed by atoms with Crippen molar-refractivity contribution in [2.24, 2.45) is 5.92 Å². The molecule has 1 fully saturated rings. The molecular weight excluding hydrogens is 444 g/mol. The Morgan fingerprint density at radius 1 is 1.09 bits per heavy atom. The number of hydrogen-bond donors (Lipinski definition) is 1. The molecule has 9 nitrogen and oxygen atoms in total. The molecule has 9 heteroatoms. The van der Waals surface area contributed by atoms with E-state index in [1.807, 2.05) is 59.4 Å². The smallest absolute Gasteiger partial charge is 0.225 e. The number of rotatable bonds is 7. The lowest BCUT2D eigenvalue weighted by atomic mass is 9.97. The average Bonchev–Trinajstić information content (AvgIpc) is 3.36. The Hall–Kier alpha value is -4.14. The first-order valence-electron chi connectivity index (χ1n) is 11.6. The van der Waals surface area contributed by atoms with Crippen molar-refractivity contribution in [3.05, 3.63) is 66.6 Å². The maximum absolute atomic E-state index is 13.1. The van der Waals surface area contributed by atoms with E-state index < -0.39 is 0 Å². The minimum absolute atomic E-state index is 0.0294. The maximum atomic E-state index is 13.1. The summed E-state index contributed by atoms with van der Waals surface area (Å²) >= 11 is 0. The molecular formula is C26H28N6O3. The van der Waals surface area contributed by atoms with Gasteiger partial charge in [-0.1, -0.05) is 18.2 Å². The molecule has 1 N–H and O–H groups in total. The molecule has 0 radical (unpaired) electrons. The minimum Gasteiger partial charge on any atom is -0.497 e. The highest BCUT2D eigenvalue weighted by Gasteiger charge is 2.28. The Kier molecular flexibility index (Phi) is 6.47. The lowest BCUT2D eigenvalue weighted by Gasteiger charge is -2.33. The summed E-state index contributed by atoms with van der Waals surface area (Å²) in [6, 6.07) is 15.5. The van der Waals surface area contributed by atoms with Gasteiger partial charge in [-0.25, -0.2) is 14.6 Å². The fourth-order valence-corrected chi connectivity index (χ4v) is 4.48. The summed E-state index contributed by atoms with van der Waals surface area (Å²) in [5.74, 6) is 2.10. The molecule has 5 rings (SSSR count). The normalized spacial score (nSPS) is 15.7. The summed E-state index contributed by atoms with van der Waals surface area (Å²) in [7, 11) is 3.23. The van der Waals surface area contributed by atoms with Crippen LogP contribution in [0.3, 0.4) is 0 Å². The van der Waals surface area contributed by atoms with Crippen molar-refractivity contribution in [3.8, 4) is 17.2 Å². The zero-order chi connectivity index (χ0) is 24.2. The Balaban J connectivity index is 1.30. The van der Waals surface area contributed by atoms with Crippen molar-refractivity contribution in [2.75, 3.05) is 32.2 Å². The van der Waals surface area contributed by atoms with Crippen LogP contribution < -0.4 is 19.7 Å². The summed E-state index contributed by atoms with van der Waals surface area (Å²) in [5.41, 5.74) is 2.52. The second-order valence-corrected chi connectivity index (χ2v) is 8.57. The predicted molar refractivity (Wildman–Crippen MR) is 133 cm³/mol. The molecule has 0 unspecified atom stereocenters. The largest absolute Gasteiger partial charge is 0.497 e. The van der Waals surface area contributed by atoms with Crippen LogP contribution in [-0.2, 0) is 11.3 Å². The molecule has 35 heavy (non-hydrogen) atoms. The molecule has 1 aliphatic heterocycles. The van der Waals surface area contributed by atoms with Crippen LogP contribution in [0.25, 0.3) is 16.7 Å². The van der Waals surface area contributed by atoms with E-state index in [1.54, 1.807) is 20.5 Å². The Bertz CT molecular complexity index is 1300.